The quantitative estimate of drug-likeness (QED) is 0.537. The monoisotopic (exact) mass is 407 g/mol. The van der Waals surface area contributed by atoms with Gasteiger partial charge in [0.05, 0.1) is 10.9 Å². The number of anilines is 1. The number of aromatic nitrogens is 2. The van der Waals surface area contributed by atoms with Crippen LogP contribution in [-0.4, -0.2) is 23.2 Å². The van der Waals surface area contributed by atoms with Crippen molar-refractivity contribution in [3.05, 3.63) is 74.9 Å². The van der Waals surface area contributed by atoms with Gasteiger partial charge in [-0.15, -0.1) is 10.2 Å². The van der Waals surface area contributed by atoms with Crippen LogP contribution in [0.4, 0.5) is 5.13 Å². The summed E-state index contributed by atoms with van der Waals surface area (Å²) in [5.74, 6) is 0.0170. The predicted octanol–water partition coefficient (Wildman–Crippen LogP) is 4.02. The van der Waals surface area contributed by atoms with Crippen molar-refractivity contribution in [2.45, 2.75) is 13.5 Å². The lowest BCUT2D eigenvalue weighted by molar-refractivity contribution is 0.102. The van der Waals surface area contributed by atoms with E-state index in [1.54, 1.807) is 32.2 Å². The van der Waals surface area contributed by atoms with Gasteiger partial charge in [-0.3, -0.25) is 14.9 Å². The Hall–Kier alpha value is -3.36. The van der Waals surface area contributed by atoms with Crippen LogP contribution in [0.2, 0.25) is 0 Å². The number of nitrogens with zero attached hydrogens (tertiary/aromatic N) is 2. The second-order valence-corrected chi connectivity index (χ2v) is 7.38. The largest absolute Gasteiger partial charge is 0.455 e. The van der Waals surface area contributed by atoms with E-state index in [1.165, 1.54) is 11.3 Å². The smallest absolute Gasteiger partial charge is 0.261 e. The summed E-state index contributed by atoms with van der Waals surface area (Å²) in [7, 11) is 1.56. The zero-order chi connectivity index (χ0) is 20.4. The molecule has 0 aliphatic rings. The zero-order valence-corrected chi connectivity index (χ0v) is 16.6. The van der Waals surface area contributed by atoms with Gasteiger partial charge in [-0.1, -0.05) is 47.7 Å². The number of hydrogen-bond donors (Lipinski definition) is 1. The van der Waals surface area contributed by atoms with Crippen molar-refractivity contribution in [1.29, 1.82) is 0 Å². The maximum absolute atomic E-state index is 12.9. The molecule has 0 atom stereocenters. The molecule has 146 valence electrons. The summed E-state index contributed by atoms with van der Waals surface area (Å²) in [6.45, 7) is 2.04. The van der Waals surface area contributed by atoms with Gasteiger partial charge in [-0.25, -0.2) is 0 Å². The van der Waals surface area contributed by atoms with Crippen LogP contribution < -0.4 is 10.7 Å². The summed E-state index contributed by atoms with van der Waals surface area (Å²) in [4.78, 5) is 25.8. The third-order valence-electron chi connectivity index (χ3n) is 4.38. The lowest BCUT2D eigenvalue weighted by atomic mass is 10.0. The van der Waals surface area contributed by atoms with Gasteiger partial charge in [0, 0.05) is 18.2 Å². The van der Waals surface area contributed by atoms with E-state index in [0.29, 0.717) is 33.5 Å². The van der Waals surface area contributed by atoms with Crippen molar-refractivity contribution >= 4 is 33.3 Å². The predicted molar refractivity (Wildman–Crippen MR) is 111 cm³/mol. The summed E-state index contributed by atoms with van der Waals surface area (Å²) in [5, 5.41) is 11.9. The molecule has 4 rings (SSSR count). The van der Waals surface area contributed by atoms with Gasteiger partial charge in [-0.2, -0.15) is 0 Å². The van der Waals surface area contributed by atoms with Gasteiger partial charge in [0.1, 0.15) is 17.4 Å². The fraction of sp³-hybridized carbons (Fsp3) is 0.143. The molecule has 0 saturated carbocycles. The van der Waals surface area contributed by atoms with E-state index in [4.69, 9.17) is 9.15 Å². The van der Waals surface area contributed by atoms with E-state index in [9.17, 15) is 9.59 Å². The molecule has 0 aliphatic carbocycles. The molecule has 7 nitrogen and oxygen atoms in total. The first kappa shape index (κ1) is 19.0. The fourth-order valence-corrected chi connectivity index (χ4v) is 3.71. The molecule has 0 bridgehead atoms. The number of ether oxygens (including phenoxy) is 1. The standard InChI is InChI=1S/C21H17N3O4S/c1-12-17(25)14-9-6-10-15(19(14)28-18(12)13-7-4-3-5-8-13)20(26)22-21-24-23-16(29-21)11-27-2/h3-10H,11H2,1-2H3,(H,22,24,26). The molecule has 2 heterocycles. The van der Waals surface area contributed by atoms with Crippen molar-refractivity contribution in [3.63, 3.8) is 0 Å². The lowest BCUT2D eigenvalue weighted by Gasteiger charge is -2.10. The van der Waals surface area contributed by atoms with Crippen LogP contribution in [0.1, 0.15) is 20.9 Å². The number of nitrogens with one attached hydrogen (secondary N) is 1. The number of para-hydroxylation sites is 1. The highest BCUT2D eigenvalue weighted by Crippen LogP contribution is 2.28. The topological polar surface area (TPSA) is 94.3 Å². The zero-order valence-electron chi connectivity index (χ0n) is 15.8. The molecule has 1 amide bonds. The van der Waals surface area contributed by atoms with Crippen LogP contribution in [0.5, 0.6) is 0 Å². The molecule has 1 N–H and O–H groups in total. The van der Waals surface area contributed by atoms with Crippen LogP contribution >= 0.6 is 11.3 Å². The van der Waals surface area contributed by atoms with Gasteiger partial charge in [0.2, 0.25) is 5.13 Å². The number of fused-ring (bicyclic) bond motifs is 1. The fourth-order valence-electron chi connectivity index (χ4n) is 3.00. The van der Waals surface area contributed by atoms with Gasteiger partial charge in [0.25, 0.3) is 5.91 Å². The minimum absolute atomic E-state index is 0.168. The Labute approximate surface area is 170 Å². The molecule has 0 saturated heterocycles. The van der Waals surface area contributed by atoms with E-state index in [1.807, 2.05) is 30.3 Å². The minimum atomic E-state index is -0.429. The second kappa shape index (κ2) is 7.94. The van der Waals surface area contributed by atoms with Crippen molar-refractivity contribution in [2.75, 3.05) is 12.4 Å². The van der Waals surface area contributed by atoms with Crippen LogP contribution in [-0.2, 0) is 11.3 Å². The van der Waals surface area contributed by atoms with Crippen LogP contribution in [0.25, 0.3) is 22.3 Å². The SMILES string of the molecule is COCc1nnc(NC(=O)c2cccc3c(=O)c(C)c(-c4ccccc4)oc23)s1. The summed E-state index contributed by atoms with van der Waals surface area (Å²) < 4.78 is 11.1. The summed E-state index contributed by atoms with van der Waals surface area (Å²) in [6, 6.07) is 14.3. The molecule has 0 radical (unpaired) electrons. The highest BCUT2D eigenvalue weighted by molar-refractivity contribution is 7.15. The Kier molecular flexibility index (Phi) is 5.20. The van der Waals surface area contributed by atoms with Gasteiger partial charge < -0.3 is 9.15 Å². The minimum Gasteiger partial charge on any atom is -0.455 e. The third kappa shape index (κ3) is 3.67. The van der Waals surface area contributed by atoms with Gasteiger partial charge in [0.15, 0.2) is 11.0 Å². The lowest BCUT2D eigenvalue weighted by Crippen LogP contribution is -2.14. The van der Waals surface area contributed by atoms with E-state index in [-0.39, 0.29) is 16.6 Å². The average molecular weight is 407 g/mol. The van der Waals surface area contributed by atoms with Crippen LogP contribution in [0.3, 0.4) is 0 Å². The number of benzene rings is 2. The van der Waals surface area contributed by atoms with Gasteiger partial charge >= 0.3 is 0 Å². The van der Waals surface area contributed by atoms with E-state index in [2.05, 4.69) is 15.5 Å². The molecule has 0 aliphatic heterocycles. The molecule has 4 aromatic rings. The highest BCUT2D eigenvalue weighted by atomic mass is 32.1. The Morgan fingerprint density at radius 1 is 1.14 bits per heavy atom. The highest BCUT2D eigenvalue weighted by Gasteiger charge is 2.19. The number of carbonyl (C=O) groups is 1. The first-order valence-electron chi connectivity index (χ1n) is 8.83. The van der Waals surface area contributed by atoms with Crippen LogP contribution in [0.15, 0.2) is 57.7 Å². The van der Waals surface area contributed by atoms with E-state index >= 15 is 0 Å². The number of rotatable bonds is 5. The molecule has 0 unspecified atom stereocenters. The molecule has 0 fully saturated rings. The Bertz CT molecular complexity index is 1250. The van der Waals surface area contributed by atoms with Crippen molar-refractivity contribution in [1.82, 2.24) is 10.2 Å². The molecule has 2 aromatic carbocycles. The molecular formula is C21H17N3O4S. The first-order valence-corrected chi connectivity index (χ1v) is 9.64. The van der Waals surface area contributed by atoms with Crippen molar-refractivity contribution < 1.29 is 13.9 Å². The number of carbonyl (C=O) groups excluding carboxylic acids is 1. The molecule has 0 spiro atoms. The number of hydrogen-bond acceptors (Lipinski definition) is 7. The summed E-state index contributed by atoms with van der Waals surface area (Å²) in [5.41, 5.74) is 1.58. The van der Waals surface area contributed by atoms with Gasteiger partial charge in [-0.05, 0) is 19.1 Å². The Balaban J connectivity index is 1.79. The maximum Gasteiger partial charge on any atom is 0.261 e. The first-order chi connectivity index (χ1) is 14.1. The van der Waals surface area contributed by atoms with E-state index < -0.39 is 5.91 Å². The summed E-state index contributed by atoms with van der Waals surface area (Å²) >= 11 is 1.22. The number of amides is 1. The molecular weight excluding hydrogens is 390 g/mol. The molecule has 29 heavy (non-hydrogen) atoms. The second-order valence-electron chi connectivity index (χ2n) is 6.32. The normalized spacial score (nSPS) is 11.0. The molecule has 2 aromatic heterocycles. The number of methoxy groups -OCH3 is 1. The van der Waals surface area contributed by atoms with Crippen molar-refractivity contribution in [3.8, 4) is 11.3 Å². The molecule has 8 heteroatoms. The van der Waals surface area contributed by atoms with Crippen molar-refractivity contribution in [2.24, 2.45) is 0 Å². The average Bonchev–Trinajstić information content (AvgIpc) is 3.18. The Morgan fingerprint density at radius 3 is 2.69 bits per heavy atom. The summed E-state index contributed by atoms with van der Waals surface area (Å²) in [6.07, 6.45) is 0. The maximum atomic E-state index is 12.9. The Morgan fingerprint density at radius 2 is 1.93 bits per heavy atom. The third-order valence-corrected chi connectivity index (χ3v) is 5.19. The van der Waals surface area contributed by atoms with E-state index in [0.717, 1.165) is 5.56 Å². The van der Waals surface area contributed by atoms with Crippen LogP contribution in [0, 0.1) is 6.92 Å².